The van der Waals surface area contributed by atoms with Gasteiger partial charge in [-0.2, -0.15) is 0 Å². The summed E-state index contributed by atoms with van der Waals surface area (Å²) >= 11 is 0. The lowest BCUT2D eigenvalue weighted by atomic mass is 9.75. The Labute approximate surface area is 109 Å². The van der Waals surface area contributed by atoms with E-state index in [0.29, 0.717) is 13.0 Å². The molecule has 0 aliphatic carbocycles. The lowest BCUT2D eigenvalue weighted by Gasteiger charge is -2.38. The molecule has 5 nitrogen and oxygen atoms in total. The fourth-order valence-electron chi connectivity index (χ4n) is 2.52. The summed E-state index contributed by atoms with van der Waals surface area (Å²) in [5.74, 6) is 0.168. The number of carbonyl (C=O) groups is 2. The van der Waals surface area contributed by atoms with Crippen molar-refractivity contribution in [2.24, 2.45) is 5.41 Å². The van der Waals surface area contributed by atoms with Crippen molar-refractivity contribution in [2.45, 2.75) is 32.6 Å². The van der Waals surface area contributed by atoms with E-state index in [4.69, 9.17) is 0 Å². The molecule has 1 heterocycles. The first-order valence-electron chi connectivity index (χ1n) is 6.72. The minimum atomic E-state index is -0.220. The fourth-order valence-corrected chi connectivity index (χ4v) is 2.52. The summed E-state index contributed by atoms with van der Waals surface area (Å²) in [4.78, 5) is 25.4. The molecule has 1 aliphatic heterocycles. The highest BCUT2D eigenvalue weighted by Crippen LogP contribution is 2.34. The molecular weight excluding hydrogens is 230 g/mol. The summed E-state index contributed by atoms with van der Waals surface area (Å²) in [6.07, 6.45) is 3.04. The molecule has 104 valence electrons. The number of rotatable bonds is 5. The predicted octanol–water partition coefficient (Wildman–Crippen LogP) is 0.361. The molecule has 0 atom stereocenters. The summed E-state index contributed by atoms with van der Waals surface area (Å²) in [7, 11) is 3.41. The maximum atomic E-state index is 12.5. The third-order valence-electron chi connectivity index (χ3n) is 3.99. The SMILES string of the molecule is CCC1(C(=O)N(C)CCC(=O)NC)CCNCC1. The van der Waals surface area contributed by atoms with Gasteiger partial charge < -0.3 is 15.5 Å². The molecule has 1 fully saturated rings. The van der Waals surface area contributed by atoms with E-state index < -0.39 is 0 Å². The fraction of sp³-hybridized carbons (Fsp3) is 0.846. The van der Waals surface area contributed by atoms with Crippen molar-refractivity contribution in [2.75, 3.05) is 33.7 Å². The molecule has 1 aliphatic rings. The van der Waals surface area contributed by atoms with E-state index in [2.05, 4.69) is 17.6 Å². The van der Waals surface area contributed by atoms with E-state index in [1.807, 2.05) is 0 Å². The van der Waals surface area contributed by atoms with Gasteiger partial charge in [0.25, 0.3) is 0 Å². The average Bonchev–Trinajstić information content (AvgIpc) is 2.44. The first kappa shape index (κ1) is 15.0. The van der Waals surface area contributed by atoms with Crippen LogP contribution in [0.4, 0.5) is 0 Å². The summed E-state index contributed by atoms with van der Waals surface area (Å²) in [6.45, 7) is 4.38. The van der Waals surface area contributed by atoms with Crippen molar-refractivity contribution >= 4 is 11.8 Å². The molecule has 2 N–H and O–H groups in total. The molecule has 0 radical (unpaired) electrons. The van der Waals surface area contributed by atoms with Crippen molar-refractivity contribution in [1.82, 2.24) is 15.5 Å². The van der Waals surface area contributed by atoms with Gasteiger partial charge in [-0.25, -0.2) is 0 Å². The van der Waals surface area contributed by atoms with Gasteiger partial charge in [0.05, 0.1) is 5.41 Å². The summed E-state index contributed by atoms with van der Waals surface area (Å²) in [6, 6.07) is 0. The molecule has 0 saturated carbocycles. The van der Waals surface area contributed by atoms with Crippen molar-refractivity contribution in [3.63, 3.8) is 0 Å². The van der Waals surface area contributed by atoms with Crippen molar-refractivity contribution in [1.29, 1.82) is 0 Å². The smallest absolute Gasteiger partial charge is 0.228 e. The summed E-state index contributed by atoms with van der Waals surface area (Å²) < 4.78 is 0. The van der Waals surface area contributed by atoms with Crippen LogP contribution < -0.4 is 10.6 Å². The van der Waals surface area contributed by atoms with Crippen LogP contribution in [0.3, 0.4) is 0 Å². The van der Waals surface area contributed by atoms with Crippen molar-refractivity contribution in [3.05, 3.63) is 0 Å². The molecule has 18 heavy (non-hydrogen) atoms. The van der Waals surface area contributed by atoms with E-state index in [1.165, 1.54) is 0 Å². The molecule has 0 aromatic rings. The van der Waals surface area contributed by atoms with Gasteiger partial charge in [0, 0.05) is 27.1 Å². The molecule has 2 amide bonds. The van der Waals surface area contributed by atoms with Crippen LogP contribution in [0, 0.1) is 5.41 Å². The van der Waals surface area contributed by atoms with Gasteiger partial charge in [-0.15, -0.1) is 0 Å². The van der Waals surface area contributed by atoms with Gasteiger partial charge in [0.15, 0.2) is 0 Å². The molecule has 0 bridgehead atoms. The second-order valence-electron chi connectivity index (χ2n) is 5.03. The van der Waals surface area contributed by atoms with E-state index in [9.17, 15) is 9.59 Å². The maximum absolute atomic E-state index is 12.5. The van der Waals surface area contributed by atoms with E-state index in [-0.39, 0.29) is 17.2 Å². The first-order chi connectivity index (χ1) is 8.55. The van der Waals surface area contributed by atoms with Crippen molar-refractivity contribution < 1.29 is 9.59 Å². The van der Waals surface area contributed by atoms with Gasteiger partial charge in [0.2, 0.25) is 11.8 Å². The Bertz CT molecular complexity index is 299. The van der Waals surface area contributed by atoms with Crippen LogP contribution in [-0.2, 0) is 9.59 Å². The van der Waals surface area contributed by atoms with E-state index >= 15 is 0 Å². The zero-order valence-electron chi connectivity index (χ0n) is 11.7. The highest BCUT2D eigenvalue weighted by Gasteiger charge is 2.39. The molecule has 1 rings (SSSR count). The number of nitrogens with one attached hydrogen (secondary N) is 2. The van der Waals surface area contributed by atoms with Crippen LogP contribution in [0.15, 0.2) is 0 Å². The zero-order chi connectivity index (χ0) is 13.6. The van der Waals surface area contributed by atoms with Gasteiger partial charge in [0.1, 0.15) is 0 Å². The Morgan fingerprint density at radius 1 is 1.33 bits per heavy atom. The quantitative estimate of drug-likeness (QED) is 0.746. The van der Waals surface area contributed by atoms with Crippen LogP contribution >= 0.6 is 0 Å². The van der Waals surface area contributed by atoms with Crippen LogP contribution in [0.5, 0.6) is 0 Å². The number of carbonyl (C=O) groups excluding carboxylic acids is 2. The maximum Gasteiger partial charge on any atom is 0.228 e. The number of piperidine rings is 1. The topological polar surface area (TPSA) is 61.4 Å². The van der Waals surface area contributed by atoms with Crippen LogP contribution in [-0.4, -0.2) is 50.4 Å². The van der Waals surface area contributed by atoms with Gasteiger partial charge in [-0.1, -0.05) is 6.92 Å². The van der Waals surface area contributed by atoms with Crippen LogP contribution in [0.1, 0.15) is 32.6 Å². The lowest BCUT2D eigenvalue weighted by Crippen LogP contribution is -2.48. The minimum absolute atomic E-state index is 0.0227. The van der Waals surface area contributed by atoms with Crippen molar-refractivity contribution in [3.8, 4) is 0 Å². The molecular formula is C13H25N3O2. The number of nitrogens with zero attached hydrogens (tertiary/aromatic N) is 1. The van der Waals surface area contributed by atoms with Gasteiger partial charge >= 0.3 is 0 Å². The van der Waals surface area contributed by atoms with Crippen LogP contribution in [0.2, 0.25) is 0 Å². The summed E-state index contributed by atoms with van der Waals surface area (Å²) in [5, 5.41) is 5.87. The Morgan fingerprint density at radius 3 is 2.44 bits per heavy atom. The molecule has 0 aromatic heterocycles. The number of hydrogen-bond acceptors (Lipinski definition) is 3. The number of amides is 2. The average molecular weight is 255 g/mol. The minimum Gasteiger partial charge on any atom is -0.359 e. The first-order valence-corrected chi connectivity index (χ1v) is 6.72. The molecule has 5 heteroatoms. The molecule has 0 unspecified atom stereocenters. The van der Waals surface area contributed by atoms with Gasteiger partial charge in [-0.3, -0.25) is 9.59 Å². The lowest BCUT2D eigenvalue weighted by molar-refractivity contribution is -0.143. The van der Waals surface area contributed by atoms with E-state index in [1.54, 1.807) is 19.0 Å². The Balaban J connectivity index is 2.57. The van der Waals surface area contributed by atoms with Gasteiger partial charge in [-0.05, 0) is 32.4 Å². The Hall–Kier alpha value is -1.10. The normalized spacial score (nSPS) is 18.2. The molecule has 1 saturated heterocycles. The predicted molar refractivity (Wildman–Crippen MR) is 71.1 cm³/mol. The van der Waals surface area contributed by atoms with Crippen LogP contribution in [0.25, 0.3) is 0 Å². The third kappa shape index (κ3) is 3.45. The second kappa shape index (κ2) is 6.73. The molecule has 0 aromatic carbocycles. The highest BCUT2D eigenvalue weighted by molar-refractivity contribution is 5.83. The largest absolute Gasteiger partial charge is 0.359 e. The monoisotopic (exact) mass is 255 g/mol. The highest BCUT2D eigenvalue weighted by atomic mass is 16.2. The number of hydrogen-bond donors (Lipinski definition) is 2. The molecule has 0 spiro atoms. The van der Waals surface area contributed by atoms with E-state index in [0.717, 1.165) is 32.4 Å². The zero-order valence-corrected chi connectivity index (χ0v) is 11.7. The summed E-state index contributed by atoms with van der Waals surface area (Å²) in [5.41, 5.74) is -0.220. The Morgan fingerprint density at radius 2 is 1.94 bits per heavy atom. The Kier molecular flexibility index (Phi) is 5.59. The standard InChI is InChI=1S/C13H25N3O2/c1-4-13(6-8-15-9-7-13)12(18)16(3)10-5-11(17)14-2/h15H,4-10H2,1-3H3,(H,14,17). The second-order valence-corrected chi connectivity index (χ2v) is 5.03. The third-order valence-corrected chi connectivity index (χ3v) is 3.99.